The van der Waals surface area contributed by atoms with Crippen LogP contribution in [0.25, 0.3) is 0 Å². The minimum absolute atomic E-state index is 0.0604. The van der Waals surface area contributed by atoms with Crippen molar-refractivity contribution in [3.8, 4) is 0 Å². The molecular weight excluding hydrogens is 394 g/mol. The number of nitro groups is 1. The highest BCUT2D eigenvalue weighted by molar-refractivity contribution is 7.92. The van der Waals surface area contributed by atoms with Gasteiger partial charge in [-0.25, -0.2) is 8.42 Å². The number of nitrogens with one attached hydrogen (secondary N) is 1. The van der Waals surface area contributed by atoms with E-state index in [0.29, 0.717) is 6.42 Å². The lowest BCUT2D eigenvalue weighted by molar-refractivity contribution is -0.384. The summed E-state index contributed by atoms with van der Waals surface area (Å²) >= 11 is 0. The molecule has 9 heteroatoms. The van der Waals surface area contributed by atoms with Gasteiger partial charge < -0.3 is 5.32 Å². The number of hydrogen-bond donors (Lipinski definition) is 1. The first-order chi connectivity index (χ1) is 13.4. The average molecular weight is 420 g/mol. The van der Waals surface area contributed by atoms with Crippen LogP contribution in [0, 0.1) is 10.1 Å². The van der Waals surface area contributed by atoms with Gasteiger partial charge in [0.05, 0.1) is 16.9 Å². The summed E-state index contributed by atoms with van der Waals surface area (Å²) in [7, 11) is -3.87. The molecule has 0 saturated carbocycles. The number of amides is 1. The number of hydrogen-bond acceptors (Lipinski definition) is 5. The second kappa shape index (κ2) is 8.60. The largest absolute Gasteiger partial charge is 0.349 e. The Labute approximate surface area is 170 Å². The lowest BCUT2D eigenvalue weighted by atomic mass is 9.94. The normalized spacial score (nSPS) is 12.8. The predicted molar refractivity (Wildman–Crippen MR) is 112 cm³/mol. The van der Waals surface area contributed by atoms with Crippen molar-refractivity contribution in [2.24, 2.45) is 0 Å². The molecule has 0 fully saturated rings. The number of rotatable bonds is 8. The van der Waals surface area contributed by atoms with E-state index < -0.39 is 32.4 Å². The molecule has 0 aliphatic rings. The van der Waals surface area contributed by atoms with Gasteiger partial charge >= 0.3 is 0 Å². The van der Waals surface area contributed by atoms with Crippen LogP contribution in [0.1, 0.15) is 26.3 Å². The molecule has 1 atom stereocenters. The van der Waals surface area contributed by atoms with Crippen molar-refractivity contribution >= 4 is 27.3 Å². The van der Waals surface area contributed by atoms with Crippen molar-refractivity contribution < 1.29 is 18.1 Å². The minimum Gasteiger partial charge on any atom is -0.349 e. The Morgan fingerprint density at radius 1 is 1.17 bits per heavy atom. The first-order valence-corrected chi connectivity index (χ1v) is 10.9. The second-order valence-corrected chi connectivity index (χ2v) is 9.41. The quantitative estimate of drug-likeness (QED) is 0.523. The molecule has 0 unspecified atom stereocenters. The van der Waals surface area contributed by atoms with Crippen LogP contribution in [0.15, 0.2) is 54.6 Å². The van der Waals surface area contributed by atoms with E-state index in [0.717, 1.165) is 22.2 Å². The fourth-order valence-electron chi connectivity index (χ4n) is 3.14. The van der Waals surface area contributed by atoms with Crippen molar-refractivity contribution in [1.82, 2.24) is 5.32 Å². The Morgan fingerprint density at radius 2 is 1.79 bits per heavy atom. The summed E-state index contributed by atoms with van der Waals surface area (Å²) in [6.07, 6.45) is 1.52. The van der Waals surface area contributed by atoms with E-state index in [4.69, 9.17) is 0 Å². The summed E-state index contributed by atoms with van der Waals surface area (Å²) in [4.78, 5) is 23.3. The molecule has 0 aliphatic heterocycles. The van der Waals surface area contributed by atoms with Crippen LogP contribution in [0.5, 0.6) is 0 Å². The van der Waals surface area contributed by atoms with Crippen molar-refractivity contribution in [3.05, 3.63) is 70.3 Å². The van der Waals surface area contributed by atoms with Crippen LogP contribution in [0.2, 0.25) is 0 Å². The molecule has 1 amide bonds. The Kier molecular flexibility index (Phi) is 6.63. The van der Waals surface area contributed by atoms with Crippen molar-refractivity contribution in [2.45, 2.75) is 38.8 Å². The van der Waals surface area contributed by atoms with Crippen LogP contribution in [0.3, 0.4) is 0 Å². The maximum Gasteiger partial charge on any atom is 0.271 e. The van der Waals surface area contributed by atoms with Gasteiger partial charge in [-0.05, 0) is 38.8 Å². The van der Waals surface area contributed by atoms with Crippen LogP contribution in [-0.2, 0) is 21.2 Å². The molecule has 0 saturated heterocycles. The summed E-state index contributed by atoms with van der Waals surface area (Å²) < 4.78 is 25.7. The lowest BCUT2D eigenvalue weighted by Crippen LogP contribution is -2.54. The Bertz CT molecular complexity index is 990. The van der Waals surface area contributed by atoms with Gasteiger partial charge in [0.15, 0.2) is 0 Å². The number of anilines is 1. The van der Waals surface area contributed by atoms with Crippen molar-refractivity contribution in [2.75, 3.05) is 10.6 Å². The maximum absolute atomic E-state index is 12.9. The molecule has 0 bridgehead atoms. The molecule has 2 rings (SSSR count). The van der Waals surface area contributed by atoms with E-state index in [-0.39, 0.29) is 11.4 Å². The number of nitro benzene ring substituents is 1. The second-order valence-electron chi connectivity index (χ2n) is 7.55. The summed E-state index contributed by atoms with van der Waals surface area (Å²) in [5.74, 6) is -0.497. The molecule has 2 aromatic rings. The number of benzene rings is 2. The standard InChI is InChI=1S/C20H25N3O5S/c1-15(19(24)21-20(2,3)14-16-9-6-5-7-10-16)22(29(4,27)28)17-11-8-12-18(13-17)23(25)26/h5-13,15H,14H2,1-4H3,(H,21,24)/t15-/m0/s1. The van der Waals surface area contributed by atoms with E-state index in [1.165, 1.54) is 25.1 Å². The molecule has 29 heavy (non-hydrogen) atoms. The van der Waals surface area contributed by atoms with E-state index in [2.05, 4.69) is 5.32 Å². The highest BCUT2D eigenvalue weighted by Gasteiger charge is 2.32. The molecule has 0 radical (unpaired) electrons. The summed E-state index contributed by atoms with van der Waals surface area (Å²) in [5.41, 5.74) is 0.209. The number of non-ortho nitro benzene ring substituents is 1. The average Bonchev–Trinajstić information content (AvgIpc) is 2.60. The van der Waals surface area contributed by atoms with E-state index in [1.807, 2.05) is 44.2 Å². The van der Waals surface area contributed by atoms with Gasteiger partial charge in [-0.1, -0.05) is 36.4 Å². The van der Waals surface area contributed by atoms with Gasteiger partial charge in [-0.15, -0.1) is 0 Å². The molecule has 8 nitrogen and oxygen atoms in total. The van der Waals surface area contributed by atoms with Gasteiger partial charge in [0.2, 0.25) is 15.9 Å². The van der Waals surface area contributed by atoms with Crippen molar-refractivity contribution in [3.63, 3.8) is 0 Å². The zero-order valence-electron chi connectivity index (χ0n) is 16.8. The lowest BCUT2D eigenvalue weighted by Gasteiger charge is -2.32. The third-order valence-electron chi connectivity index (χ3n) is 4.33. The summed E-state index contributed by atoms with van der Waals surface area (Å²) in [5, 5.41) is 13.9. The Morgan fingerprint density at radius 3 is 2.34 bits per heavy atom. The van der Waals surface area contributed by atoms with Crippen LogP contribution in [-0.4, -0.2) is 37.1 Å². The zero-order chi connectivity index (χ0) is 21.8. The number of carbonyl (C=O) groups is 1. The molecule has 1 N–H and O–H groups in total. The smallest absolute Gasteiger partial charge is 0.271 e. The SMILES string of the molecule is C[C@@H](C(=O)NC(C)(C)Cc1ccccc1)N(c1cccc([N+](=O)[O-])c1)S(C)(=O)=O. The first kappa shape index (κ1) is 22.4. The Hall–Kier alpha value is -2.94. The van der Waals surface area contributed by atoms with Crippen molar-refractivity contribution in [1.29, 1.82) is 0 Å². The molecule has 2 aromatic carbocycles. The monoisotopic (exact) mass is 419 g/mol. The maximum atomic E-state index is 12.9. The van der Waals surface area contributed by atoms with E-state index in [9.17, 15) is 23.3 Å². The summed E-state index contributed by atoms with van der Waals surface area (Å²) in [6, 6.07) is 13.7. The third-order valence-corrected chi connectivity index (χ3v) is 5.58. The van der Waals surface area contributed by atoms with Gasteiger partial charge in [-0.3, -0.25) is 19.2 Å². The Balaban J connectivity index is 2.27. The topological polar surface area (TPSA) is 110 Å². The van der Waals surface area contributed by atoms with Gasteiger partial charge in [0.25, 0.3) is 5.69 Å². The number of sulfonamides is 1. The van der Waals surface area contributed by atoms with Crippen LogP contribution >= 0.6 is 0 Å². The molecule has 0 aliphatic carbocycles. The van der Waals surface area contributed by atoms with Gasteiger partial charge in [0, 0.05) is 17.7 Å². The van der Waals surface area contributed by atoms with Gasteiger partial charge in [-0.2, -0.15) is 0 Å². The minimum atomic E-state index is -3.87. The molecule has 156 valence electrons. The molecular formula is C20H25N3O5S. The number of nitrogens with zero attached hydrogens (tertiary/aromatic N) is 2. The fourth-order valence-corrected chi connectivity index (χ4v) is 4.31. The van der Waals surface area contributed by atoms with E-state index >= 15 is 0 Å². The number of carbonyl (C=O) groups excluding carboxylic acids is 1. The van der Waals surface area contributed by atoms with Crippen LogP contribution < -0.4 is 9.62 Å². The van der Waals surface area contributed by atoms with Crippen LogP contribution in [0.4, 0.5) is 11.4 Å². The van der Waals surface area contributed by atoms with E-state index in [1.54, 1.807) is 0 Å². The highest BCUT2D eigenvalue weighted by atomic mass is 32.2. The predicted octanol–water partition coefficient (Wildman–Crippen LogP) is 2.89. The summed E-state index contributed by atoms with van der Waals surface area (Å²) in [6.45, 7) is 5.15. The molecule has 0 spiro atoms. The first-order valence-electron chi connectivity index (χ1n) is 9.00. The van der Waals surface area contributed by atoms with Gasteiger partial charge in [0.1, 0.15) is 6.04 Å². The molecule has 0 aromatic heterocycles. The zero-order valence-corrected chi connectivity index (χ0v) is 17.6. The third kappa shape index (κ3) is 6.02. The molecule has 0 heterocycles. The fraction of sp³-hybridized carbons (Fsp3) is 0.350. The highest BCUT2D eigenvalue weighted by Crippen LogP contribution is 2.25.